The fraction of sp³-hybridized carbons (Fsp3) is 0.350. The molecule has 1 aliphatic rings. The molecule has 1 atom stereocenters. The first-order chi connectivity index (χ1) is 13.4. The standard InChI is InChI=1S/C20H21ClN2O5/c1-27-18-7-4-13(11-19(18)28-2)9-15-5-8-20(24)22(15)12-14-3-6-16(21)17(10-14)23(25)26/h3-4,6-7,10-11,15H,5,8-9,12H2,1-2H3/t15-/m0/s1. The van der Waals surface area contributed by atoms with E-state index in [4.69, 9.17) is 21.1 Å². The van der Waals surface area contributed by atoms with E-state index in [1.807, 2.05) is 18.2 Å². The lowest BCUT2D eigenvalue weighted by Crippen LogP contribution is -2.33. The SMILES string of the molecule is COc1ccc(C[C@@H]2CCC(=O)N2Cc2ccc(Cl)c([N+](=O)[O-])c2)cc1OC. The number of methoxy groups -OCH3 is 2. The minimum Gasteiger partial charge on any atom is -0.493 e. The number of nitro groups is 1. The molecule has 0 spiro atoms. The van der Waals surface area contributed by atoms with Gasteiger partial charge in [-0.1, -0.05) is 23.7 Å². The van der Waals surface area contributed by atoms with Crippen molar-refractivity contribution in [1.29, 1.82) is 0 Å². The zero-order valence-corrected chi connectivity index (χ0v) is 16.4. The molecule has 0 radical (unpaired) electrons. The maximum absolute atomic E-state index is 12.4. The third-order valence-corrected chi connectivity index (χ3v) is 5.25. The van der Waals surface area contributed by atoms with E-state index < -0.39 is 4.92 Å². The smallest absolute Gasteiger partial charge is 0.288 e. The van der Waals surface area contributed by atoms with Crippen molar-refractivity contribution in [3.63, 3.8) is 0 Å². The molecule has 1 aliphatic heterocycles. The summed E-state index contributed by atoms with van der Waals surface area (Å²) in [6.07, 6.45) is 1.87. The number of rotatable bonds is 7. The molecule has 0 bridgehead atoms. The molecule has 1 fully saturated rings. The van der Waals surface area contributed by atoms with Crippen LogP contribution in [0.1, 0.15) is 24.0 Å². The molecular weight excluding hydrogens is 384 g/mol. The summed E-state index contributed by atoms with van der Waals surface area (Å²) >= 11 is 5.88. The van der Waals surface area contributed by atoms with E-state index in [1.165, 1.54) is 12.1 Å². The van der Waals surface area contributed by atoms with Gasteiger partial charge in [-0.15, -0.1) is 0 Å². The fourth-order valence-electron chi connectivity index (χ4n) is 3.50. The molecule has 1 amide bonds. The second kappa shape index (κ2) is 8.48. The van der Waals surface area contributed by atoms with Gasteiger partial charge in [0.2, 0.25) is 5.91 Å². The number of ether oxygens (including phenoxy) is 2. The summed E-state index contributed by atoms with van der Waals surface area (Å²) < 4.78 is 10.6. The Morgan fingerprint density at radius 3 is 2.54 bits per heavy atom. The number of hydrogen-bond acceptors (Lipinski definition) is 5. The Bertz CT molecular complexity index is 902. The number of halogens is 1. The van der Waals surface area contributed by atoms with Gasteiger partial charge < -0.3 is 14.4 Å². The molecule has 28 heavy (non-hydrogen) atoms. The van der Waals surface area contributed by atoms with Gasteiger partial charge in [0.05, 0.1) is 19.1 Å². The summed E-state index contributed by atoms with van der Waals surface area (Å²) in [5.41, 5.74) is 1.57. The molecule has 148 valence electrons. The highest BCUT2D eigenvalue weighted by Crippen LogP contribution is 2.31. The summed E-state index contributed by atoms with van der Waals surface area (Å²) in [6, 6.07) is 10.4. The first-order valence-corrected chi connectivity index (χ1v) is 9.24. The highest BCUT2D eigenvalue weighted by Gasteiger charge is 2.31. The van der Waals surface area contributed by atoms with Gasteiger partial charge in [0.1, 0.15) is 5.02 Å². The van der Waals surface area contributed by atoms with E-state index in [0.717, 1.165) is 12.0 Å². The van der Waals surface area contributed by atoms with Crippen LogP contribution in [0.25, 0.3) is 0 Å². The lowest BCUT2D eigenvalue weighted by Gasteiger charge is -2.25. The molecule has 7 nitrogen and oxygen atoms in total. The van der Waals surface area contributed by atoms with E-state index in [1.54, 1.807) is 25.2 Å². The van der Waals surface area contributed by atoms with Crippen LogP contribution in [-0.2, 0) is 17.8 Å². The summed E-state index contributed by atoms with van der Waals surface area (Å²) in [7, 11) is 3.17. The zero-order valence-electron chi connectivity index (χ0n) is 15.7. The van der Waals surface area contributed by atoms with Crippen molar-refractivity contribution < 1.29 is 19.2 Å². The van der Waals surface area contributed by atoms with Gasteiger partial charge in [-0.05, 0) is 42.2 Å². The van der Waals surface area contributed by atoms with Gasteiger partial charge in [-0.2, -0.15) is 0 Å². The summed E-state index contributed by atoms with van der Waals surface area (Å²) in [4.78, 5) is 24.8. The summed E-state index contributed by atoms with van der Waals surface area (Å²) in [5, 5.41) is 11.2. The van der Waals surface area contributed by atoms with Crippen LogP contribution in [0.2, 0.25) is 5.02 Å². The lowest BCUT2D eigenvalue weighted by molar-refractivity contribution is -0.384. The molecule has 0 saturated carbocycles. The second-order valence-electron chi connectivity index (χ2n) is 6.65. The summed E-state index contributed by atoms with van der Waals surface area (Å²) in [6.45, 7) is 0.314. The molecule has 3 rings (SSSR count). The number of carbonyl (C=O) groups excluding carboxylic acids is 1. The van der Waals surface area contributed by atoms with Crippen LogP contribution in [0.3, 0.4) is 0 Å². The monoisotopic (exact) mass is 404 g/mol. The van der Waals surface area contributed by atoms with Crippen molar-refractivity contribution in [2.24, 2.45) is 0 Å². The first kappa shape index (κ1) is 19.9. The molecule has 2 aromatic rings. The maximum atomic E-state index is 12.4. The predicted molar refractivity (Wildman–Crippen MR) is 105 cm³/mol. The molecule has 0 N–H and O–H groups in total. The van der Waals surface area contributed by atoms with Gasteiger partial charge in [0.15, 0.2) is 11.5 Å². The molecule has 0 aromatic heterocycles. The van der Waals surface area contributed by atoms with Crippen LogP contribution in [0.4, 0.5) is 5.69 Å². The van der Waals surface area contributed by atoms with Gasteiger partial charge in [-0.3, -0.25) is 14.9 Å². The van der Waals surface area contributed by atoms with Gasteiger partial charge in [0, 0.05) is 25.1 Å². The first-order valence-electron chi connectivity index (χ1n) is 8.86. The number of carbonyl (C=O) groups is 1. The minimum absolute atomic E-state index is 0.0142. The normalized spacial score (nSPS) is 16.3. The van der Waals surface area contributed by atoms with Gasteiger partial charge in [0.25, 0.3) is 5.69 Å². The molecule has 1 saturated heterocycles. The Kier molecular flexibility index (Phi) is 6.04. The van der Waals surface area contributed by atoms with Crippen LogP contribution in [0, 0.1) is 10.1 Å². The van der Waals surface area contributed by atoms with Crippen molar-refractivity contribution in [3.05, 3.63) is 62.7 Å². The highest BCUT2D eigenvalue weighted by molar-refractivity contribution is 6.32. The Labute approximate surface area is 168 Å². The third-order valence-electron chi connectivity index (χ3n) is 4.93. The highest BCUT2D eigenvalue weighted by atomic mass is 35.5. The maximum Gasteiger partial charge on any atom is 0.288 e. The number of hydrogen-bond donors (Lipinski definition) is 0. The topological polar surface area (TPSA) is 81.9 Å². The molecule has 0 aliphatic carbocycles. The number of likely N-dealkylation sites (tertiary alicyclic amines) is 1. The van der Waals surface area contributed by atoms with Crippen LogP contribution in [0.15, 0.2) is 36.4 Å². The molecule has 2 aromatic carbocycles. The number of benzene rings is 2. The van der Waals surface area contributed by atoms with E-state index in [-0.39, 0.29) is 22.7 Å². The molecular formula is C20H21ClN2O5. The average Bonchev–Trinajstić information content (AvgIpc) is 3.02. The van der Waals surface area contributed by atoms with Crippen LogP contribution < -0.4 is 9.47 Å². The Balaban J connectivity index is 1.79. The predicted octanol–water partition coefficient (Wildman–Crippen LogP) is 4.00. The lowest BCUT2D eigenvalue weighted by atomic mass is 10.0. The molecule has 1 heterocycles. The van der Waals surface area contributed by atoms with Crippen molar-refractivity contribution >= 4 is 23.2 Å². The summed E-state index contributed by atoms with van der Waals surface area (Å²) in [5.74, 6) is 1.34. The van der Waals surface area contributed by atoms with Crippen LogP contribution in [0.5, 0.6) is 11.5 Å². The minimum atomic E-state index is -0.515. The van der Waals surface area contributed by atoms with E-state index in [0.29, 0.717) is 36.4 Å². The van der Waals surface area contributed by atoms with E-state index in [9.17, 15) is 14.9 Å². The Morgan fingerprint density at radius 1 is 1.14 bits per heavy atom. The van der Waals surface area contributed by atoms with E-state index in [2.05, 4.69) is 0 Å². The van der Waals surface area contributed by atoms with Crippen molar-refractivity contribution in [3.8, 4) is 11.5 Å². The van der Waals surface area contributed by atoms with Crippen LogP contribution >= 0.6 is 11.6 Å². The van der Waals surface area contributed by atoms with Crippen molar-refractivity contribution in [2.45, 2.75) is 31.8 Å². The van der Waals surface area contributed by atoms with Gasteiger partial charge in [-0.25, -0.2) is 0 Å². The average molecular weight is 405 g/mol. The zero-order chi connectivity index (χ0) is 20.3. The Hall–Kier alpha value is -2.80. The third kappa shape index (κ3) is 4.20. The fourth-order valence-corrected chi connectivity index (χ4v) is 3.68. The number of nitrogens with zero attached hydrogens (tertiary/aromatic N) is 2. The van der Waals surface area contributed by atoms with Crippen molar-refractivity contribution in [1.82, 2.24) is 4.90 Å². The van der Waals surface area contributed by atoms with E-state index >= 15 is 0 Å². The second-order valence-corrected chi connectivity index (χ2v) is 7.06. The van der Waals surface area contributed by atoms with Crippen LogP contribution in [-0.4, -0.2) is 36.0 Å². The number of nitro benzene ring substituents is 1. The quantitative estimate of drug-likeness (QED) is 0.514. The van der Waals surface area contributed by atoms with Crippen molar-refractivity contribution in [2.75, 3.05) is 14.2 Å². The molecule has 8 heteroatoms. The Morgan fingerprint density at radius 2 is 1.86 bits per heavy atom. The number of amides is 1. The van der Waals surface area contributed by atoms with Gasteiger partial charge >= 0.3 is 0 Å². The largest absolute Gasteiger partial charge is 0.493 e. The molecule has 0 unspecified atom stereocenters.